The van der Waals surface area contributed by atoms with Crippen molar-refractivity contribution < 1.29 is 14.5 Å². The van der Waals surface area contributed by atoms with Gasteiger partial charge in [-0.25, -0.2) is 5.43 Å². The van der Waals surface area contributed by atoms with Crippen LogP contribution in [-0.2, 0) is 6.61 Å². The van der Waals surface area contributed by atoms with Gasteiger partial charge in [0, 0.05) is 22.7 Å². The fourth-order valence-electron chi connectivity index (χ4n) is 2.36. The molecule has 0 aliphatic rings. The predicted molar refractivity (Wildman–Crippen MR) is 110 cm³/mol. The number of carbonyl (C=O) groups is 1. The fourth-order valence-corrected chi connectivity index (χ4v) is 2.49. The van der Waals surface area contributed by atoms with E-state index < -0.39 is 10.8 Å². The number of benzene rings is 3. The third-order valence-electron chi connectivity index (χ3n) is 3.92. The number of nitrogens with one attached hydrogen (secondary N) is 1. The van der Waals surface area contributed by atoms with Gasteiger partial charge in [0.15, 0.2) is 0 Å². The normalized spacial score (nSPS) is 10.7. The summed E-state index contributed by atoms with van der Waals surface area (Å²) in [6.07, 6.45) is 1.49. The summed E-state index contributed by atoms with van der Waals surface area (Å²) in [5, 5.41) is 15.2. The Morgan fingerprint density at radius 1 is 1.03 bits per heavy atom. The van der Waals surface area contributed by atoms with Gasteiger partial charge < -0.3 is 4.74 Å². The highest BCUT2D eigenvalue weighted by Crippen LogP contribution is 2.15. The van der Waals surface area contributed by atoms with Gasteiger partial charge in [0.25, 0.3) is 11.6 Å². The van der Waals surface area contributed by atoms with Crippen LogP contribution >= 0.6 is 11.6 Å². The smallest absolute Gasteiger partial charge is 0.271 e. The molecule has 0 unspecified atom stereocenters. The number of hydrogen-bond donors (Lipinski definition) is 1. The number of carbonyl (C=O) groups excluding carboxylic acids is 1. The van der Waals surface area contributed by atoms with Gasteiger partial charge in [-0.1, -0.05) is 23.7 Å². The van der Waals surface area contributed by atoms with Crippen LogP contribution in [-0.4, -0.2) is 17.0 Å². The van der Waals surface area contributed by atoms with Crippen LogP contribution in [0.2, 0.25) is 5.02 Å². The molecular weight excluding hydrogens is 394 g/mol. The summed E-state index contributed by atoms with van der Waals surface area (Å²) in [4.78, 5) is 22.1. The predicted octanol–water partition coefficient (Wildman–Crippen LogP) is 4.59. The molecule has 0 radical (unpaired) electrons. The van der Waals surface area contributed by atoms with Crippen molar-refractivity contribution in [1.82, 2.24) is 5.43 Å². The first kappa shape index (κ1) is 20.0. The zero-order chi connectivity index (χ0) is 20.6. The van der Waals surface area contributed by atoms with Crippen LogP contribution in [0.15, 0.2) is 77.9 Å². The molecule has 0 heterocycles. The van der Waals surface area contributed by atoms with Crippen LogP contribution in [0, 0.1) is 10.1 Å². The van der Waals surface area contributed by atoms with Crippen LogP contribution < -0.4 is 10.2 Å². The topological polar surface area (TPSA) is 93.8 Å². The molecule has 3 rings (SSSR count). The first-order valence-corrected chi connectivity index (χ1v) is 8.94. The van der Waals surface area contributed by atoms with Gasteiger partial charge in [0.1, 0.15) is 12.4 Å². The highest BCUT2D eigenvalue weighted by Gasteiger charge is 2.08. The number of non-ortho nitro benzene ring substituents is 1. The Morgan fingerprint density at radius 3 is 2.31 bits per heavy atom. The summed E-state index contributed by atoms with van der Waals surface area (Å²) < 4.78 is 5.71. The molecule has 0 bridgehead atoms. The molecule has 0 saturated heterocycles. The number of nitro benzene ring substituents is 1. The average Bonchev–Trinajstić information content (AvgIpc) is 2.74. The van der Waals surface area contributed by atoms with Crippen molar-refractivity contribution in [3.8, 4) is 5.75 Å². The van der Waals surface area contributed by atoms with E-state index in [-0.39, 0.29) is 11.3 Å². The molecule has 0 fully saturated rings. The van der Waals surface area contributed by atoms with Crippen molar-refractivity contribution in [2.24, 2.45) is 5.10 Å². The second kappa shape index (κ2) is 9.48. The molecule has 0 spiro atoms. The second-order valence-electron chi connectivity index (χ2n) is 5.99. The van der Waals surface area contributed by atoms with Gasteiger partial charge in [-0.15, -0.1) is 0 Å². The van der Waals surface area contributed by atoms with E-state index in [1.165, 1.54) is 30.5 Å². The average molecular weight is 410 g/mol. The maximum absolute atomic E-state index is 12.0. The Bertz CT molecular complexity index is 1020. The Balaban J connectivity index is 1.50. The summed E-state index contributed by atoms with van der Waals surface area (Å²) in [6, 6.07) is 19.9. The standard InChI is InChI=1S/C21H16ClN3O4/c22-18-7-1-16(2-8-18)14-29-20-11-3-15(4-12-20)13-23-24-21(26)17-5-9-19(10-6-17)25(27)28/h1-13H,14H2,(H,24,26)/b23-13+. The van der Waals surface area contributed by atoms with E-state index in [0.717, 1.165) is 11.1 Å². The third kappa shape index (κ3) is 5.88. The summed E-state index contributed by atoms with van der Waals surface area (Å²) in [5.74, 6) is 0.242. The number of hydrazone groups is 1. The van der Waals surface area contributed by atoms with Gasteiger partial charge in [0.2, 0.25) is 0 Å². The van der Waals surface area contributed by atoms with Crippen molar-refractivity contribution in [3.63, 3.8) is 0 Å². The van der Waals surface area contributed by atoms with Crippen molar-refractivity contribution >= 4 is 29.4 Å². The van der Waals surface area contributed by atoms with Crippen LogP contribution in [0.5, 0.6) is 5.75 Å². The first-order valence-electron chi connectivity index (χ1n) is 8.56. The van der Waals surface area contributed by atoms with Gasteiger partial charge >= 0.3 is 0 Å². The first-order chi connectivity index (χ1) is 14.0. The molecular formula is C21H16ClN3O4. The highest BCUT2D eigenvalue weighted by molar-refractivity contribution is 6.30. The summed E-state index contributed by atoms with van der Waals surface area (Å²) >= 11 is 5.86. The lowest BCUT2D eigenvalue weighted by Crippen LogP contribution is -2.17. The Kier molecular flexibility index (Phi) is 6.55. The van der Waals surface area contributed by atoms with E-state index in [1.807, 2.05) is 24.3 Å². The molecule has 0 aliphatic heterocycles. The van der Waals surface area contributed by atoms with Crippen molar-refractivity contribution in [3.05, 3.63) is 105 Å². The number of halogens is 1. The van der Waals surface area contributed by atoms with Gasteiger partial charge in [-0.3, -0.25) is 14.9 Å². The summed E-state index contributed by atoms with van der Waals surface area (Å²) in [7, 11) is 0. The van der Waals surface area contributed by atoms with E-state index in [0.29, 0.717) is 17.4 Å². The number of amides is 1. The lowest BCUT2D eigenvalue weighted by Gasteiger charge is -2.06. The molecule has 0 atom stereocenters. The molecule has 0 aromatic heterocycles. The molecule has 1 amide bonds. The minimum absolute atomic E-state index is 0.0802. The summed E-state index contributed by atoms with van der Waals surface area (Å²) in [6.45, 7) is 0.426. The molecule has 0 aliphatic carbocycles. The molecule has 146 valence electrons. The largest absolute Gasteiger partial charge is 0.489 e. The van der Waals surface area contributed by atoms with E-state index >= 15 is 0 Å². The minimum atomic E-state index is -0.525. The van der Waals surface area contributed by atoms with Crippen molar-refractivity contribution in [2.75, 3.05) is 0 Å². The monoisotopic (exact) mass is 409 g/mol. The Morgan fingerprint density at radius 2 is 1.69 bits per heavy atom. The van der Waals surface area contributed by atoms with Crippen LogP contribution in [0.4, 0.5) is 5.69 Å². The molecule has 1 N–H and O–H groups in total. The molecule has 8 heteroatoms. The zero-order valence-electron chi connectivity index (χ0n) is 15.1. The molecule has 3 aromatic carbocycles. The van der Waals surface area contributed by atoms with Crippen LogP contribution in [0.3, 0.4) is 0 Å². The van der Waals surface area contributed by atoms with E-state index in [4.69, 9.17) is 16.3 Å². The van der Waals surface area contributed by atoms with Gasteiger partial charge in [-0.05, 0) is 59.7 Å². The Hall–Kier alpha value is -3.71. The lowest BCUT2D eigenvalue weighted by molar-refractivity contribution is -0.384. The third-order valence-corrected chi connectivity index (χ3v) is 4.17. The van der Waals surface area contributed by atoms with E-state index in [2.05, 4.69) is 10.5 Å². The maximum atomic E-state index is 12.0. The summed E-state index contributed by atoms with van der Waals surface area (Å²) in [5.41, 5.74) is 4.36. The quantitative estimate of drug-likeness (QED) is 0.351. The van der Waals surface area contributed by atoms with E-state index in [1.54, 1.807) is 24.3 Å². The number of ether oxygens (including phenoxy) is 1. The maximum Gasteiger partial charge on any atom is 0.271 e. The SMILES string of the molecule is O=C(N/N=C/c1ccc(OCc2ccc(Cl)cc2)cc1)c1ccc([N+](=O)[O-])cc1. The second-order valence-corrected chi connectivity index (χ2v) is 6.42. The lowest BCUT2D eigenvalue weighted by atomic mass is 10.2. The Labute approximate surface area is 171 Å². The van der Waals surface area contributed by atoms with Crippen LogP contribution in [0.25, 0.3) is 0 Å². The number of nitrogens with zero attached hydrogens (tertiary/aromatic N) is 2. The number of rotatable bonds is 7. The molecule has 29 heavy (non-hydrogen) atoms. The highest BCUT2D eigenvalue weighted by atomic mass is 35.5. The van der Waals surface area contributed by atoms with Gasteiger partial charge in [-0.2, -0.15) is 5.10 Å². The zero-order valence-corrected chi connectivity index (χ0v) is 15.9. The van der Waals surface area contributed by atoms with E-state index in [9.17, 15) is 14.9 Å². The minimum Gasteiger partial charge on any atom is -0.489 e. The van der Waals surface area contributed by atoms with Crippen molar-refractivity contribution in [1.29, 1.82) is 0 Å². The number of hydrogen-bond acceptors (Lipinski definition) is 5. The molecule has 7 nitrogen and oxygen atoms in total. The molecule has 0 saturated carbocycles. The fraction of sp³-hybridized carbons (Fsp3) is 0.0476. The number of nitro groups is 1. The van der Waals surface area contributed by atoms with Crippen LogP contribution in [0.1, 0.15) is 21.5 Å². The van der Waals surface area contributed by atoms with Gasteiger partial charge in [0.05, 0.1) is 11.1 Å². The van der Waals surface area contributed by atoms with Crippen molar-refractivity contribution in [2.45, 2.75) is 6.61 Å². The molecule has 3 aromatic rings.